The van der Waals surface area contributed by atoms with Crippen molar-refractivity contribution in [3.05, 3.63) is 106 Å². The van der Waals surface area contributed by atoms with Crippen molar-refractivity contribution in [3.8, 4) is 0 Å². The number of amides is 2. The number of halogens is 1. The molecule has 0 aromatic heterocycles. The molecule has 0 bridgehead atoms. The molecule has 0 radical (unpaired) electrons. The molecule has 1 aliphatic rings. The van der Waals surface area contributed by atoms with Gasteiger partial charge in [-0.05, 0) is 42.5 Å². The van der Waals surface area contributed by atoms with Gasteiger partial charge in [0.05, 0.1) is 23.2 Å². The highest BCUT2D eigenvalue weighted by Crippen LogP contribution is 2.22. The molecule has 4 rings (SSSR count). The Morgan fingerprint density at radius 2 is 1.32 bits per heavy atom. The Hall–Kier alpha value is -3.77. The summed E-state index contributed by atoms with van der Waals surface area (Å²) in [7, 11) is 0. The number of ether oxygens (including phenoxy) is 1. The highest BCUT2D eigenvalue weighted by molar-refractivity contribution is 6.30. The van der Waals surface area contributed by atoms with Crippen LogP contribution in [0.1, 0.15) is 47.0 Å². The Labute approximate surface area is 183 Å². The number of imide groups is 1. The molecule has 0 N–H and O–H groups in total. The first-order chi connectivity index (χ1) is 15.0. The monoisotopic (exact) mass is 433 g/mol. The van der Waals surface area contributed by atoms with Gasteiger partial charge in [-0.2, -0.15) is 0 Å². The maximum atomic E-state index is 12.8. The van der Waals surface area contributed by atoms with E-state index in [-0.39, 0.29) is 30.1 Å². The molecule has 0 saturated heterocycles. The molecule has 154 valence electrons. The van der Waals surface area contributed by atoms with Gasteiger partial charge in [0.2, 0.25) is 0 Å². The first-order valence-corrected chi connectivity index (χ1v) is 9.87. The highest BCUT2D eigenvalue weighted by Gasteiger charge is 2.35. The number of benzene rings is 3. The van der Waals surface area contributed by atoms with Gasteiger partial charge in [-0.25, -0.2) is 4.79 Å². The Bertz CT molecular complexity index is 1170. The van der Waals surface area contributed by atoms with E-state index in [1.807, 2.05) is 0 Å². The molecule has 1 aliphatic heterocycles. The van der Waals surface area contributed by atoms with E-state index in [9.17, 15) is 19.2 Å². The fourth-order valence-corrected chi connectivity index (χ4v) is 3.49. The van der Waals surface area contributed by atoms with Crippen LogP contribution >= 0.6 is 11.6 Å². The molecule has 0 fully saturated rings. The van der Waals surface area contributed by atoms with Crippen LogP contribution in [0.25, 0.3) is 0 Å². The minimum atomic E-state index is -0.713. The maximum Gasteiger partial charge on any atom is 0.338 e. The molecule has 1 heterocycles. The Morgan fingerprint density at radius 3 is 1.94 bits per heavy atom. The highest BCUT2D eigenvalue weighted by atomic mass is 35.5. The van der Waals surface area contributed by atoms with Crippen molar-refractivity contribution in [1.82, 2.24) is 4.90 Å². The molecule has 0 aliphatic carbocycles. The molecule has 6 nitrogen and oxygen atoms in total. The Balaban J connectivity index is 1.44. The summed E-state index contributed by atoms with van der Waals surface area (Å²) in [5, 5.41) is 0.498. The number of rotatable bonds is 6. The predicted molar refractivity (Wildman–Crippen MR) is 113 cm³/mol. The van der Waals surface area contributed by atoms with Gasteiger partial charge in [-0.3, -0.25) is 19.3 Å². The van der Waals surface area contributed by atoms with Crippen LogP contribution in [-0.4, -0.2) is 41.6 Å². The predicted octanol–water partition coefficient (Wildman–Crippen LogP) is 4.02. The molecule has 0 unspecified atom stereocenters. The van der Waals surface area contributed by atoms with Crippen LogP contribution in [0.4, 0.5) is 0 Å². The summed E-state index contributed by atoms with van der Waals surface area (Å²) in [6.07, 6.45) is 0. The normalized spacial score (nSPS) is 12.6. The van der Waals surface area contributed by atoms with Crippen LogP contribution in [0, 0.1) is 0 Å². The first-order valence-electron chi connectivity index (χ1n) is 9.49. The maximum absolute atomic E-state index is 12.8. The standard InChI is InChI=1S/C24H16ClNO5/c25-16-11-9-15(10-12-16)21(27)17-5-1-4-8-20(17)24(30)31-14-13-26-22(28)18-6-2-3-7-19(18)23(26)29/h1-12H,13-14H2. The van der Waals surface area contributed by atoms with Crippen molar-refractivity contribution in [3.63, 3.8) is 0 Å². The number of carbonyl (C=O) groups excluding carboxylic acids is 4. The lowest BCUT2D eigenvalue weighted by atomic mass is 9.98. The van der Waals surface area contributed by atoms with Gasteiger partial charge in [0.15, 0.2) is 5.78 Å². The van der Waals surface area contributed by atoms with Crippen molar-refractivity contribution in [2.45, 2.75) is 0 Å². The van der Waals surface area contributed by atoms with Gasteiger partial charge in [0.1, 0.15) is 6.61 Å². The lowest BCUT2D eigenvalue weighted by molar-refractivity contribution is 0.0419. The van der Waals surface area contributed by atoms with E-state index in [2.05, 4.69) is 0 Å². The van der Waals surface area contributed by atoms with E-state index in [0.29, 0.717) is 21.7 Å². The molecule has 7 heteroatoms. The summed E-state index contributed by atoms with van der Waals surface area (Å²) >= 11 is 5.87. The summed E-state index contributed by atoms with van der Waals surface area (Å²) in [5.74, 6) is -1.90. The molecule has 2 amide bonds. The average molecular weight is 434 g/mol. The van der Waals surface area contributed by atoms with Gasteiger partial charge in [-0.15, -0.1) is 0 Å². The molecule has 3 aromatic rings. The van der Waals surface area contributed by atoms with E-state index >= 15 is 0 Å². The number of ketones is 1. The second-order valence-corrected chi connectivity index (χ2v) is 7.26. The zero-order chi connectivity index (χ0) is 22.0. The first kappa shape index (κ1) is 20.5. The van der Waals surface area contributed by atoms with Gasteiger partial charge < -0.3 is 4.74 Å². The summed E-state index contributed by atoms with van der Waals surface area (Å²) < 4.78 is 5.27. The van der Waals surface area contributed by atoms with Crippen LogP contribution in [0.3, 0.4) is 0 Å². The number of nitrogens with zero attached hydrogens (tertiary/aromatic N) is 1. The number of carbonyl (C=O) groups is 4. The zero-order valence-corrected chi connectivity index (χ0v) is 17.0. The minimum absolute atomic E-state index is 0.0780. The second-order valence-electron chi connectivity index (χ2n) is 6.83. The van der Waals surface area contributed by atoms with Crippen LogP contribution in [0.5, 0.6) is 0 Å². The smallest absolute Gasteiger partial charge is 0.338 e. The second kappa shape index (κ2) is 8.53. The summed E-state index contributed by atoms with van der Waals surface area (Å²) in [5.41, 5.74) is 1.34. The van der Waals surface area contributed by atoms with Gasteiger partial charge in [-0.1, -0.05) is 41.9 Å². The molecule has 3 aromatic carbocycles. The molecule has 31 heavy (non-hydrogen) atoms. The minimum Gasteiger partial charge on any atom is -0.460 e. The largest absolute Gasteiger partial charge is 0.460 e. The van der Waals surface area contributed by atoms with Gasteiger partial charge in [0, 0.05) is 16.1 Å². The summed E-state index contributed by atoms with van der Waals surface area (Å²) in [6.45, 7) is -0.265. The summed E-state index contributed by atoms with van der Waals surface area (Å²) in [6, 6.07) is 19.2. The number of hydrogen-bond donors (Lipinski definition) is 0. The van der Waals surface area contributed by atoms with Crippen LogP contribution in [0.15, 0.2) is 72.8 Å². The lowest BCUT2D eigenvalue weighted by Crippen LogP contribution is -2.33. The zero-order valence-electron chi connectivity index (χ0n) is 16.2. The third kappa shape index (κ3) is 3.98. The number of fused-ring (bicyclic) bond motifs is 1. The van der Waals surface area contributed by atoms with Crippen LogP contribution in [0.2, 0.25) is 5.02 Å². The van der Waals surface area contributed by atoms with Crippen molar-refractivity contribution < 1.29 is 23.9 Å². The van der Waals surface area contributed by atoms with E-state index < -0.39 is 17.8 Å². The quantitative estimate of drug-likeness (QED) is 0.333. The molecule has 0 atom stereocenters. The Morgan fingerprint density at radius 1 is 0.774 bits per heavy atom. The average Bonchev–Trinajstić information content (AvgIpc) is 3.04. The molecular formula is C24H16ClNO5. The third-order valence-electron chi connectivity index (χ3n) is 4.92. The van der Waals surface area contributed by atoms with Crippen molar-refractivity contribution >= 4 is 35.2 Å². The number of esters is 1. The molecule has 0 saturated carbocycles. The van der Waals surface area contributed by atoms with Gasteiger partial charge in [0.25, 0.3) is 11.8 Å². The summed E-state index contributed by atoms with van der Waals surface area (Å²) in [4.78, 5) is 51.3. The molecule has 0 spiro atoms. The lowest BCUT2D eigenvalue weighted by Gasteiger charge is -2.14. The van der Waals surface area contributed by atoms with Crippen molar-refractivity contribution in [2.75, 3.05) is 13.2 Å². The molecular weight excluding hydrogens is 418 g/mol. The van der Waals surface area contributed by atoms with Crippen LogP contribution < -0.4 is 0 Å². The topological polar surface area (TPSA) is 80.8 Å². The fourth-order valence-electron chi connectivity index (χ4n) is 3.37. The fraction of sp³-hybridized carbons (Fsp3) is 0.0833. The van der Waals surface area contributed by atoms with E-state index in [1.165, 1.54) is 12.1 Å². The number of hydrogen-bond acceptors (Lipinski definition) is 5. The van der Waals surface area contributed by atoms with Crippen molar-refractivity contribution in [2.24, 2.45) is 0 Å². The van der Waals surface area contributed by atoms with E-state index in [0.717, 1.165) is 4.90 Å². The van der Waals surface area contributed by atoms with Crippen LogP contribution in [-0.2, 0) is 4.74 Å². The third-order valence-corrected chi connectivity index (χ3v) is 5.18. The van der Waals surface area contributed by atoms with Gasteiger partial charge >= 0.3 is 5.97 Å². The van der Waals surface area contributed by atoms with E-state index in [1.54, 1.807) is 60.7 Å². The Kier molecular flexibility index (Phi) is 5.64. The SMILES string of the molecule is O=C(OCCN1C(=O)c2ccccc2C1=O)c1ccccc1C(=O)c1ccc(Cl)cc1. The van der Waals surface area contributed by atoms with E-state index in [4.69, 9.17) is 16.3 Å². The van der Waals surface area contributed by atoms with Crippen molar-refractivity contribution in [1.29, 1.82) is 0 Å².